The minimum Gasteiger partial charge on any atom is -0.389 e. The topological polar surface area (TPSA) is 78.5 Å². The quantitative estimate of drug-likeness (QED) is 0.787. The summed E-state index contributed by atoms with van der Waals surface area (Å²) >= 11 is 0. The van der Waals surface area contributed by atoms with Crippen molar-refractivity contribution in [3.05, 3.63) is 18.0 Å². The zero-order valence-electron chi connectivity index (χ0n) is 11.7. The van der Waals surface area contributed by atoms with E-state index in [0.29, 0.717) is 13.1 Å². The molecule has 0 unspecified atom stereocenters. The summed E-state index contributed by atoms with van der Waals surface area (Å²) in [4.78, 5) is 13.2. The van der Waals surface area contributed by atoms with Gasteiger partial charge < -0.3 is 15.7 Å². The lowest BCUT2D eigenvalue weighted by Gasteiger charge is -2.37. The van der Waals surface area contributed by atoms with Crippen LogP contribution in [-0.2, 0) is 6.54 Å². The maximum absolute atomic E-state index is 9.83. The molecule has 1 aliphatic heterocycles. The number of anilines is 1. The van der Waals surface area contributed by atoms with E-state index in [1.165, 1.54) is 0 Å². The Morgan fingerprint density at radius 3 is 2.58 bits per heavy atom. The zero-order chi connectivity index (χ0) is 13.9. The molecule has 6 heteroatoms. The predicted octanol–water partition coefficient (Wildman–Crippen LogP) is -0.172. The largest absolute Gasteiger partial charge is 0.389 e. The molecule has 0 radical (unpaired) electrons. The molecule has 0 aliphatic carbocycles. The molecule has 1 aromatic rings. The molecule has 1 fully saturated rings. The minimum atomic E-state index is -0.641. The summed E-state index contributed by atoms with van der Waals surface area (Å²) in [5, 5.41) is 9.83. The Morgan fingerprint density at radius 1 is 1.32 bits per heavy atom. The van der Waals surface area contributed by atoms with Crippen LogP contribution < -0.4 is 10.6 Å². The number of aliphatic hydroxyl groups is 1. The van der Waals surface area contributed by atoms with Crippen molar-refractivity contribution in [2.75, 3.05) is 37.6 Å². The van der Waals surface area contributed by atoms with Gasteiger partial charge in [0.2, 0.25) is 5.95 Å². The molecule has 0 saturated carbocycles. The van der Waals surface area contributed by atoms with Crippen LogP contribution in [0.2, 0.25) is 0 Å². The van der Waals surface area contributed by atoms with Gasteiger partial charge in [0.25, 0.3) is 0 Å². The molecule has 2 rings (SSSR count). The van der Waals surface area contributed by atoms with Gasteiger partial charge >= 0.3 is 0 Å². The standard InChI is InChI=1S/C13H23N5O/c1-13(2,19)10-17-5-7-18(8-6-17)12-15-4-3-11(9-14)16-12/h3-4,19H,5-10,14H2,1-2H3. The molecule has 0 bridgehead atoms. The minimum absolute atomic E-state index is 0.439. The first-order valence-corrected chi connectivity index (χ1v) is 6.69. The van der Waals surface area contributed by atoms with E-state index in [0.717, 1.165) is 37.8 Å². The fourth-order valence-corrected chi connectivity index (χ4v) is 2.30. The van der Waals surface area contributed by atoms with E-state index in [9.17, 15) is 5.11 Å². The summed E-state index contributed by atoms with van der Waals surface area (Å²) in [5.74, 6) is 0.755. The summed E-state index contributed by atoms with van der Waals surface area (Å²) < 4.78 is 0. The Hall–Kier alpha value is -1.24. The molecule has 1 saturated heterocycles. The van der Waals surface area contributed by atoms with Gasteiger partial charge in [-0.1, -0.05) is 0 Å². The molecule has 3 N–H and O–H groups in total. The average Bonchev–Trinajstić information content (AvgIpc) is 2.38. The zero-order valence-corrected chi connectivity index (χ0v) is 11.7. The van der Waals surface area contributed by atoms with E-state index in [4.69, 9.17) is 5.73 Å². The lowest BCUT2D eigenvalue weighted by Crippen LogP contribution is -2.50. The molecular formula is C13H23N5O. The second-order valence-corrected chi connectivity index (χ2v) is 5.63. The van der Waals surface area contributed by atoms with Gasteiger partial charge in [-0.3, -0.25) is 4.90 Å². The molecule has 0 atom stereocenters. The predicted molar refractivity (Wildman–Crippen MR) is 74.9 cm³/mol. The summed E-state index contributed by atoms with van der Waals surface area (Å²) in [6.45, 7) is 8.41. The molecule has 6 nitrogen and oxygen atoms in total. The highest BCUT2D eigenvalue weighted by Gasteiger charge is 2.23. The number of nitrogens with two attached hydrogens (primary N) is 1. The smallest absolute Gasteiger partial charge is 0.225 e. The van der Waals surface area contributed by atoms with E-state index in [2.05, 4.69) is 19.8 Å². The van der Waals surface area contributed by atoms with Crippen molar-refractivity contribution >= 4 is 5.95 Å². The number of piperazine rings is 1. The molecule has 1 aliphatic rings. The maximum Gasteiger partial charge on any atom is 0.225 e. The SMILES string of the molecule is CC(C)(O)CN1CCN(c2nccc(CN)n2)CC1. The average molecular weight is 265 g/mol. The molecule has 106 valence electrons. The molecule has 0 spiro atoms. The third kappa shape index (κ3) is 4.12. The van der Waals surface area contributed by atoms with Gasteiger partial charge in [0, 0.05) is 45.5 Å². The molecule has 0 amide bonds. The Bertz CT molecular complexity index is 410. The third-order valence-corrected chi connectivity index (χ3v) is 3.18. The molecule has 1 aromatic heterocycles. The maximum atomic E-state index is 9.83. The summed E-state index contributed by atoms with van der Waals surface area (Å²) in [5.41, 5.74) is 5.82. The Balaban J connectivity index is 1.92. The summed E-state index contributed by atoms with van der Waals surface area (Å²) in [6, 6.07) is 1.84. The second-order valence-electron chi connectivity index (χ2n) is 5.63. The van der Waals surface area contributed by atoms with Crippen LogP contribution in [0.25, 0.3) is 0 Å². The van der Waals surface area contributed by atoms with Crippen LogP contribution in [0.1, 0.15) is 19.5 Å². The van der Waals surface area contributed by atoms with Crippen LogP contribution in [0, 0.1) is 0 Å². The molecule has 19 heavy (non-hydrogen) atoms. The highest BCUT2D eigenvalue weighted by Crippen LogP contribution is 2.13. The van der Waals surface area contributed by atoms with Gasteiger partial charge in [-0.2, -0.15) is 0 Å². The summed E-state index contributed by atoms with van der Waals surface area (Å²) in [7, 11) is 0. The van der Waals surface area contributed by atoms with Gasteiger partial charge in [-0.25, -0.2) is 9.97 Å². The van der Waals surface area contributed by atoms with Crippen molar-refractivity contribution in [1.82, 2.24) is 14.9 Å². The number of nitrogens with zero attached hydrogens (tertiary/aromatic N) is 4. The van der Waals surface area contributed by atoms with E-state index in [1.54, 1.807) is 6.20 Å². The van der Waals surface area contributed by atoms with Crippen LogP contribution in [0.15, 0.2) is 12.3 Å². The van der Waals surface area contributed by atoms with Crippen molar-refractivity contribution in [3.8, 4) is 0 Å². The van der Waals surface area contributed by atoms with Gasteiger partial charge in [0.05, 0.1) is 11.3 Å². The first-order chi connectivity index (χ1) is 8.98. The number of β-amino-alcohol motifs (C(OH)–C–C–N with tert-alkyl or cyclic N) is 1. The first kappa shape index (κ1) is 14.2. The van der Waals surface area contributed by atoms with Crippen LogP contribution >= 0.6 is 0 Å². The number of hydrogen-bond donors (Lipinski definition) is 2. The van der Waals surface area contributed by atoms with Crippen molar-refractivity contribution in [3.63, 3.8) is 0 Å². The van der Waals surface area contributed by atoms with Gasteiger partial charge in [-0.05, 0) is 19.9 Å². The fourth-order valence-electron chi connectivity index (χ4n) is 2.30. The van der Waals surface area contributed by atoms with Crippen LogP contribution in [-0.4, -0.2) is 58.3 Å². The monoisotopic (exact) mass is 265 g/mol. The Labute approximate surface area is 114 Å². The van der Waals surface area contributed by atoms with Gasteiger partial charge in [0.1, 0.15) is 0 Å². The van der Waals surface area contributed by atoms with E-state index < -0.39 is 5.60 Å². The van der Waals surface area contributed by atoms with Crippen LogP contribution in [0.5, 0.6) is 0 Å². The van der Waals surface area contributed by atoms with Gasteiger partial charge in [-0.15, -0.1) is 0 Å². The summed E-state index contributed by atoms with van der Waals surface area (Å²) in [6.07, 6.45) is 1.76. The van der Waals surface area contributed by atoms with E-state index >= 15 is 0 Å². The Kier molecular flexibility index (Phi) is 4.34. The first-order valence-electron chi connectivity index (χ1n) is 6.69. The second kappa shape index (κ2) is 5.81. The number of aromatic nitrogens is 2. The number of rotatable bonds is 4. The Morgan fingerprint density at radius 2 is 2.00 bits per heavy atom. The van der Waals surface area contributed by atoms with Crippen molar-refractivity contribution in [2.45, 2.75) is 26.0 Å². The lowest BCUT2D eigenvalue weighted by atomic mass is 10.1. The van der Waals surface area contributed by atoms with Gasteiger partial charge in [0.15, 0.2) is 0 Å². The highest BCUT2D eigenvalue weighted by atomic mass is 16.3. The molecule has 0 aromatic carbocycles. The third-order valence-electron chi connectivity index (χ3n) is 3.18. The van der Waals surface area contributed by atoms with Crippen molar-refractivity contribution in [2.24, 2.45) is 5.73 Å². The molecular weight excluding hydrogens is 242 g/mol. The van der Waals surface area contributed by atoms with Crippen molar-refractivity contribution < 1.29 is 5.11 Å². The van der Waals surface area contributed by atoms with E-state index in [-0.39, 0.29) is 0 Å². The fraction of sp³-hybridized carbons (Fsp3) is 0.692. The van der Waals surface area contributed by atoms with Crippen LogP contribution in [0.3, 0.4) is 0 Å². The number of hydrogen-bond acceptors (Lipinski definition) is 6. The normalized spacial score (nSPS) is 17.8. The molecule has 2 heterocycles. The lowest BCUT2D eigenvalue weighted by molar-refractivity contribution is 0.0344. The van der Waals surface area contributed by atoms with Crippen molar-refractivity contribution in [1.29, 1.82) is 0 Å². The highest BCUT2D eigenvalue weighted by molar-refractivity contribution is 5.31. The van der Waals surface area contributed by atoms with Crippen LogP contribution in [0.4, 0.5) is 5.95 Å². The van der Waals surface area contributed by atoms with E-state index in [1.807, 2.05) is 19.9 Å².